The van der Waals surface area contributed by atoms with Crippen LogP contribution in [0.3, 0.4) is 0 Å². The standard InChI is InChI=1S/C18H18F5N3OS/c1-17(2)14(18(21,22)23)5-6-26(17)16(27)25-15-24-9-11(28-15)7-10-3-4-12(19)13(20)8-10/h3-4,8-9,14H,5-7H2,1-2H3,(H,24,25,27)/t14-/m0/s1. The third kappa shape index (κ3) is 4.11. The van der Waals surface area contributed by atoms with Crippen molar-refractivity contribution in [3.63, 3.8) is 0 Å². The van der Waals surface area contributed by atoms with Gasteiger partial charge in [0.1, 0.15) is 0 Å². The van der Waals surface area contributed by atoms with Crippen molar-refractivity contribution < 1.29 is 26.7 Å². The van der Waals surface area contributed by atoms with E-state index >= 15 is 0 Å². The number of anilines is 1. The first kappa shape index (κ1) is 20.5. The topological polar surface area (TPSA) is 45.2 Å². The van der Waals surface area contributed by atoms with Crippen LogP contribution in [0.4, 0.5) is 31.9 Å². The number of nitrogens with zero attached hydrogens (tertiary/aromatic N) is 2. The molecule has 1 aromatic heterocycles. The third-order valence-electron chi connectivity index (χ3n) is 4.96. The Hall–Kier alpha value is -2.23. The van der Waals surface area contributed by atoms with Gasteiger partial charge in [0, 0.05) is 24.0 Å². The Morgan fingerprint density at radius 3 is 2.64 bits per heavy atom. The molecule has 1 fully saturated rings. The monoisotopic (exact) mass is 419 g/mol. The van der Waals surface area contributed by atoms with Gasteiger partial charge >= 0.3 is 12.2 Å². The van der Waals surface area contributed by atoms with E-state index in [-0.39, 0.29) is 24.5 Å². The molecule has 10 heteroatoms. The Balaban J connectivity index is 1.66. The van der Waals surface area contributed by atoms with E-state index in [9.17, 15) is 26.7 Å². The normalized spacial score (nSPS) is 19.1. The molecule has 1 aliphatic rings. The maximum atomic E-state index is 13.3. The minimum atomic E-state index is -4.38. The quantitative estimate of drug-likeness (QED) is 0.695. The molecule has 28 heavy (non-hydrogen) atoms. The Morgan fingerprint density at radius 1 is 1.32 bits per heavy atom. The van der Waals surface area contributed by atoms with E-state index in [1.807, 2.05) is 0 Å². The van der Waals surface area contributed by atoms with Gasteiger partial charge in [0.15, 0.2) is 16.8 Å². The molecule has 1 N–H and O–H groups in total. The lowest BCUT2D eigenvalue weighted by Crippen LogP contribution is -2.51. The van der Waals surface area contributed by atoms with E-state index < -0.39 is 35.3 Å². The molecule has 2 aromatic rings. The highest BCUT2D eigenvalue weighted by Crippen LogP contribution is 2.44. The minimum absolute atomic E-state index is 0.00387. The lowest BCUT2D eigenvalue weighted by molar-refractivity contribution is -0.189. The summed E-state index contributed by atoms with van der Waals surface area (Å²) in [5.41, 5.74) is -0.831. The number of likely N-dealkylation sites (tertiary alicyclic amines) is 1. The van der Waals surface area contributed by atoms with E-state index in [0.717, 1.165) is 23.5 Å². The molecule has 1 aliphatic heterocycles. The average molecular weight is 419 g/mol. The van der Waals surface area contributed by atoms with E-state index in [1.165, 1.54) is 31.0 Å². The number of hydrogen-bond donors (Lipinski definition) is 1. The van der Waals surface area contributed by atoms with Crippen molar-refractivity contribution in [2.24, 2.45) is 5.92 Å². The molecule has 0 spiro atoms. The van der Waals surface area contributed by atoms with Crippen LogP contribution in [0.25, 0.3) is 0 Å². The summed E-state index contributed by atoms with van der Waals surface area (Å²) in [6.07, 6.45) is -2.76. The zero-order valence-corrected chi connectivity index (χ0v) is 15.9. The van der Waals surface area contributed by atoms with Crippen molar-refractivity contribution in [3.8, 4) is 0 Å². The summed E-state index contributed by atoms with van der Waals surface area (Å²) in [6, 6.07) is 2.91. The van der Waals surface area contributed by atoms with Gasteiger partial charge < -0.3 is 4.90 Å². The molecule has 2 heterocycles. The first-order chi connectivity index (χ1) is 13.0. The van der Waals surface area contributed by atoms with Crippen molar-refractivity contribution in [1.82, 2.24) is 9.88 Å². The molecule has 1 atom stereocenters. The van der Waals surface area contributed by atoms with Gasteiger partial charge in [-0.25, -0.2) is 18.6 Å². The molecular weight excluding hydrogens is 401 g/mol. The second kappa shape index (κ2) is 7.31. The van der Waals surface area contributed by atoms with Crippen molar-refractivity contribution in [2.45, 2.75) is 38.4 Å². The van der Waals surface area contributed by atoms with Crippen LogP contribution in [0.15, 0.2) is 24.4 Å². The number of rotatable bonds is 3. The Kier molecular flexibility index (Phi) is 5.35. The molecule has 2 amide bonds. The Morgan fingerprint density at radius 2 is 2.04 bits per heavy atom. The van der Waals surface area contributed by atoms with Crippen molar-refractivity contribution in [2.75, 3.05) is 11.9 Å². The molecule has 0 radical (unpaired) electrons. The zero-order valence-electron chi connectivity index (χ0n) is 15.1. The largest absolute Gasteiger partial charge is 0.394 e. The van der Waals surface area contributed by atoms with Crippen molar-refractivity contribution >= 4 is 22.5 Å². The van der Waals surface area contributed by atoms with Crippen molar-refractivity contribution in [3.05, 3.63) is 46.5 Å². The number of nitrogens with one attached hydrogen (secondary N) is 1. The molecule has 152 valence electrons. The number of hydrogen-bond acceptors (Lipinski definition) is 3. The van der Waals surface area contributed by atoms with Crippen LogP contribution in [0.1, 0.15) is 30.7 Å². The van der Waals surface area contributed by atoms with Crippen LogP contribution < -0.4 is 5.32 Å². The van der Waals surface area contributed by atoms with E-state index in [1.54, 1.807) is 0 Å². The number of urea groups is 1. The first-order valence-corrected chi connectivity index (χ1v) is 9.34. The van der Waals surface area contributed by atoms with E-state index in [4.69, 9.17) is 0 Å². The number of alkyl halides is 3. The highest BCUT2D eigenvalue weighted by molar-refractivity contribution is 7.15. The first-order valence-electron chi connectivity index (χ1n) is 8.52. The molecule has 4 nitrogen and oxygen atoms in total. The van der Waals surface area contributed by atoms with Crippen LogP contribution in [0.5, 0.6) is 0 Å². The summed E-state index contributed by atoms with van der Waals surface area (Å²) in [6.45, 7) is 2.79. The lowest BCUT2D eigenvalue weighted by Gasteiger charge is -2.36. The van der Waals surface area contributed by atoms with Gasteiger partial charge in [-0.3, -0.25) is 5.32 Å². The van der Waals surface area contributed by atoms with Gasteiger partial charge in [-0.15, -0.1) is 11.3 Å². The summed E-state index contributed by atoms with van der Waals surface area (Å²) >= 11 is 1.12. The second-order valence-corrected chi connectivity index (χ2v) is 8.29. The van der Waals surface area contributed by atoms with Gasteiger partial charge in [0.05, 0.1) is 11.5 Å². The smallest absolute Gasteiger partial charge is 0.319 e. The Labute approximate surface area is 162 Å². The number of amides is 2. The van der Waals surface area contributed by atoms with Crippen LogP contribution in [0.2, 0.25) is 0 Å². The molecule has 1 saturated heterocycles. The maximum Gasteiger partial charge on any atom is 0.394 e. The number of aromatic nitrogens is 1. The lowest BCUT2D eigenvalue weighted by atomic mass is 9.88. The molecule has 0 saturated carbocycles. The zero-order chi connectivity index (χ0) is 20.7. The number of halogens is 5. The predicted molar refractivity (Wildman–Crippen MR) is 95.2 cm³/mol. The predicted octanol–water partition coefficient (Wildman–Crippen LogP) is 5.21. The summed E-state index contributed by atoms with van der Waals surface area (Å²) < 4.78 is 65.8. The summed E-state index contributed by atoms with van der Waals surface area (Å²) in [4.78, 5) is 18.4. The maximum absolute atomic E-state index is 13.3. The highest BCUT2D eigenvalue weighted by Gasteiger charge is 2.56. The Bertz CT molecular complexity index is 880. The fourth-order valence-corrected chi connectivity index (χ4v) is 4.31. The van der Waals surface area contributed by atoms with Gasteiger partial charge in [0.2, 0.25) is 0 Å². The summed E-state index contributed by atoms with van der Waals surface area (Å²) in [7, 11) is 0. The van der Waals surface area contributed by atoms with Gasteiger partial charge in [-0.1, -0.05) is 6.07 Å². The van der Waals surface area contributed by atoms with Gasteiger partial charge in [0.25, 0.3) is 0 Å². The third-order valence-corrected chi connectivity index (χ3v) is 5.87. The number of thiazole rings is 1. The van der Waals surface area contributed by atoms with Crippen LogP contribution in [0, 0.1) is 17.6 Å². The number of benzene rings is 1. The summed E-state index contributed by atoms with van der Waals surface area (Å²) in [5.74, 6) is -3.48. The minimum Gasteiger partial charge on any atom is -0.319 e. The fourth-order valence-electron chi connectivity index (χ4n) is 3.47. The van der Waals surface area contributed by atoms with Crippen molar-refractivity contribution in [1.29, 1.82) is 0 Å². The summed E-state index contributed by atoms with van der Waals surface area (Å²) in [5, 5.41) is 2.76. The molecular formula is C18H18F5N3OS. The van der Waals surface area contributed by atoms with Gasteiger partial charge in [-0.2, -0.15) is 13.2 Å². The molecule has 0 aliphatic carbocycles. The van der Waals surface area contributed by atoms with E-state index in [2.05, 4.69) is 10.3 Å². The molecule has 0 bridgehead atoms. The average Bonchev–Trinajstić information content (AvgIpc) is 3.13. The number of carbonyl (C=O) groups is 1. The van der Waals surface area contributed by atoms with E-state index in [0.29, 0.717) is 10.4 Å². The van der Waals surface area contributed by atoms with Crippen LogP contribution in [-0.4, -0.2) is 34.2 Å². The second-order valence-electron chi connectivity index (χ2n) is 7.18. The van der Waals surface area contributed by atoms with Crippen LogP contribution >= 0.6 is 11.3 Å². The SMILES string of the molecule is CC1(C)[C@@H](C(F)(F)F)CCN1C(=O)Nc1ncc(Cc2ccc(F)c(F)c2)s1. The fraction of sp³-hybridized carbons (Fsp3) is 0.444. The van der Waals surface area contributed by atoms with Gasteiger partial charge in [-0.05, 0) is 38.0 Å². The number of carbonyl (C=O) groups excluding carboxylic acids is 1. The molecule has 3 rings (SSSR count). The highest BCUT2D eigenvalue weighted by atomic mass is 32.1. The molecule has 1 aromatic carbocycles. The molecule has 0 unspecified atom stereocenters. The van der Waals surface area contributed by atoms with Crippen LogP contribution in [-0.2, 0) is 6.42 Å².